The molecular weight excluding hydrogens is 298 g/mol. The molecule has 0 spiro atoms. The molecule has 0 saturated heterocycles. The Kier molecular flexibility index (Phi) is 4.34. The van der Waals surface area contributed by atoms with E-state index in [0.29, 0.717) is 5.75 Å². The first kappa shape index (κ1) is 13.8. The number of rotatable bonds is 5. The van der Waals surface area contributed by atoms with Gasteiger partial charge < -0.3 is 4.74 Å². The largest absolute Gasteiger partial charge is 0.497 e. The Morgan fingerprint density at radius 3 is 2.24 bits per heavy atom. The van der Waals surface area contributed by atoms with Crippen molar-refractivity contribution in [3.8, 4) is 5.75 Å². The van der Waals surface area contributed by atoms with Crippen molar-refractivity contribution in [3.05, 3.63) is 29.8 Å². The molecule has 0 heterocycles. The molecule has 0 aliphatic carbocycles. The lowest BCUT2D eigenvalue weighted by molar-refractivity contribution is -0.130. The van der Waals surface area contributed by atoms with Crippen LogP contribution in [-0.4, -0.2) is 23.5 Å². The van der Waals surface area contributed by atoms with Crippen LogP contribution in [0, 0.1) is 0 Å². The maximum atomic E-state index is 12.5. The monoisotopic (exact) mass is 306 g/mol. The zero-order valence-corrected chi connectivity index (χ0v) is 10.5. The van der Waals surface area contributed by atoms with E-state index in [1.54, 1.807) is 0 Å². The van der Waals surface area contributed by atoms with E-state index >= 15 is 0 Å². The Balaban J connectivity index is 2.73. The van der Waals surface area contributed by atoms with Crippen LogP contribution in [0.4, 0.5) is 8.78 Å². The Hall–Kier alpha value is -1.30. The van der Waals surface area contributed by atoms with Gasteiger partial charge in [0.25, 0.3) is 0 Å². The highest BCUT2D eigenvalue weighted by atomic mass is 79.9. The molecule has 0 aliphatic heterocycles. The third kappa shape index (κ3) is 3.89. The number of hydrogen-bond acceptors (Lipinski definition) is 3. The summed E-state index contributed by atoms with van der Waals surface area (Å²) in [4.78, 5) is 18.8. The van der Waals surface area contributed by atoms with Crippen LogP contribution in [0.5, 0.6) is 5.75 Å². The summed E-state index contributed by atoms with van der Waals surface area (Å²) in [6.45, 7) is 0. The first-order chi connectivity index (χ1) is 7.84. The van der Waals surface area contributed by atoms with Gasteiger partial charge in [-0.1, -0.05) is 0 Å². The Morgan fingerprint density at radius 2 is 1.82 bits per heavy atom. The summed E-state index contributed by atoms with van der Waals surface area (Å²) in [5.74, 6) is -1.58. The lowest BCUT2D eigenvalue weighted by atomic mass is 10.1. The number of alkyl halides is 3. The molecule has 0 aliphatic rings. The van der Waals surface area contributed by atoms with Gasteiger partial charge in [-0.25, -0.2) is 0 Å². The fraction of sp³-hybridized carbons (Fsp3) is 0.273. The maximum absolute atomic E-state index is 12.5. The minimum absolute atomic E-state index is 0.191. The number of halogens is 3. The second kappa shape index (κ2) is 5.35. The standard InChI is InChI=1S/C11H9BrF2O3/c1-17-8-4-2-7(3-5-8)9(15)6-10(16)11(12,13)14/h2-5H,6H2,1H3. The quantitative estimate of drug-likeness (QED) is 0.477. The van der Waals surface area contributed by atoms with Crippen molar-refractivity contribution >= 4 is 27.5 Å². The number of hydrogen-bond donors (Lipinski definition) is 0. The van der Waals surface area contributed by atoms with Crippen LogP contribution >= 0.6 is 15.9 Å². The van der Waals surface area contributed by atoms with Crippen molar-refractivity contribution in [3.63, 3.8) is 0 Å². The van der Waals surface area contributed by atoms with Crippen LogP contribution in [0.2, 0.25) is 0 Å². The van der Waals surface area contributed by atoms with E-state index in [4.69, 9.17) is 4.74 Å². The van der Waals surface area contributed by atoms with Gasteiger partial charge in [-0.15, -0.1) is 0 Å². The number of ketones is 2. The van der Waals surface area contributed by atoms with Crippen LogP contribution in [0.25, 0.3) is 0 Å². The van der Waals surface area contributed by atoms with Gasteiger partial charge in [0, 0.05) is 5.56 Å². The minimum Gasteiger partial charge on any atom is -0.497 e. The Bertz CT molecular complexity index is 423. The van der Waals surface area contributed by atoms with Crippen molar-refractivity contribution in [2.45, 2.75) is 11.3 Å². The third-order valence-corrected chi connectivity index (χ3v) is 2.49. The summed E-state index contributed by atoms with van der Waals surface area (Å²) in [5.41, 5.74) is 0.191. The molecule has 1 rings (SSSR count). The van der Waals surface area contributed by atoms with Crippen molar-refractivity contribution in [1.82, 2.24) is 0 Å². The number of ether oxygens (including phenoxy) is 1. The van der Waals surface area contributed by atoms with Crippen LogP contribution < -0.4 is 4.74 Å². The van der Waals surface area contributed by atoms with Gasteiger partial charge in [0.1, 0.15) is 5.75 Å². The SMILES string of the molecule is COc1ccc(C(=O)CC(=O)C(F)(F)Br)cc1. The Labute approximate surface area is 105 Å². The zero-order valence-electron chi connectivity index (χ0n) is 8.88. The molecule has 0 N–H and O–H groups in total. The van der Waals surface area contributed by atoms with Crippen molar-refractivity contribution < 1.29 is 23.1 Å². The maximum Gasteiger partial charge on any atom is 0.359 e. The molecule has 3 nitrogen and oxygen atoms in total. The van der Waals surface area contributed by atoms with Crippen LogP contribution in [-0.2, 0) is 4.79 Å². The van der Waals surface area contributed by atoms with Gasteiger partial charge in [-0.05, 0) is 40.2 Å². The Morgan fingerprint density at radius 1 is 1.29 bits per heavy atom. The summed E-state index contributed by atoms with van der Waals surface area (Å²) in [6, 6.07) is 5.87. The van der Waals surface area contributed by atoms with Gasteiger partial charge in [-0.2, -0.15) is 8.78 Å². The average molecular weight is 307 g/mol. The van der Waals surface area contributed by atoms with Crippen LogP contribution in [0.3, 0.4) is 0 Å². The van der Waals surface area contributed by atoms with E-state index in [0.717, 1.165) is 0 Å². The highest BCUT2D eigenvalue weighted by Crippen LogP contribution is 2.25. The molecule has 0 amide bonds. The van der Waals surface area contributed by atoms with Gasteiger partial charge in [0.2, 0.25) is 5.78 Å². The van der Waals surface area contributed by atoms with Crippen molar-refractivity contribution in [1.29, 1.82) is 0 Å². The number of methoxy groups -OCH3 is 1. The van der Waals surface area contributed by atoms with E-state index in [-0.39, 0.29) is 5.56 Å². The average Bonchev–Trinajstić information content (AvgIpc) is 2.27. The predicted molar refractivity (Wildman–Crippen MR) is 60.8 cm³/mol. The normalized spacial score (nSPS) is 11.1. The molecule has 1 aromatic rings. The van der Waals surface area contributed by atoms with Gasteiger partial charge in [0.05, 0.1) is 13.5 Å². The zero-order chi connectivity index (χ0) is 13.1. The van der Waals surface area contributed by atoms with E-state index < -0.39 is 22.8 Å². The molecule has 0 aromatic heterocycles. The first-order valence-electron chi connectivity index (χ1n) is 4.62. The van der Waals surface area contributed by atoms with Crippen molar-refractivity contribution in [2.75, 3.05) is 7.11 Å². The number of carbonyl (C=O) groups excluding carboxylic acids is 2. The summed E-state index contributed by atoms with van der Waals surface area (Å²) < 4.78 is 29.9. The molecule has 0 fully saturated rings. The van der Waals surface area contributed by atoms with E-state index in [2.05, 4.69) is 0 Å². The minimum atomic E-state index is -3.66. The van der Waals surface area contributed by atoms with Crippen LogP contribution in [0.15, 0.2) is 24.3 Å². The topological polar surface area (TPSA) is 43.4 Å². The second-order valence-electron chi connectivity index (χ2n) is 3.25. The molecule has 6 heteroatoms. The molecule has 92 valence electrons. The fourth-order valence-corrected chi connectivity index (χ4v) is 1.27. The van der Waals surface area contributed by atoms with Crippen molar-refractivity contribution in [2.24, 2.45) is 0 Å². The molecule has 0 unspecified atom stereocenters. The van der Waals surface area contributed by atoms with E-state index in [1.807, 2.05) is 15.9 Å². The van der Waals surface area contributed by atoms with Crippen LogP contribution in [0.1, 0.15) is 16.8 Å². The summed E-state index contributed by atoms with van der Waals surface area (Å²) in [6.07, 6.45) is -0.843. The van der Waals surface area contributed by atoms with Gasteiger partial charge >= 0.3 is 4.83 Å². The molecular formula is C11H9BrF2O3. The molecule has 0 bridgehead atoms. The third-order valence-electron chi connectivity index (χ3n) is 2.05. The van der Waals surface area contributed by atoms with Gasteiger partial charge in [0.15, 0.2) is 5.78 Å². The first-order valence-corrected chi connectivity index (χ1v) is 5.41. The van der Waals surface area contributed by atoms with Gasteiger partial charge in [-0.3, -0.25) is 9.59 Å². The smallest absolute Gasteiger partial charge is 0.359 e. The molecule has 0 saturated carbocycles. The summed E-state index contributed by atoms with van der Waals surface area (Å²) in [7, 11) is 1.46. The summed E-state index contributed by atoms with van der Waals surface area (Å²) >= 11 is 1.91. The molecule has 1 aromatic carbocycles. The summed E-state index contributed by atoms with van der Waals surface area (Å²) in [5, 5.41) is 0. The van der Waals surface area contributed by atoms with E-state index in [9.17, 15) is 18.4 Å². The fourth-order valence-electron chi connectivity index (χ4n) is 1.13. The predicted octanol–water partition coefficient (Wildman–Crippen LogP) is 2.82. The lowest BCUT2D eigenvalue weighted by Gasteiger charge is -2.06. The molecule has 0 atom stereocenters. The number of benzene rings is 1. The number of carbonyl (C=O) groups is 2. The second-order valence-corrected chi connectivity index (χ2v) is 4.25. The molecule has 0 radical (unpaired) electrons. The molecule has 17 heavy (non-hydrogen) atoms. The highest BCUT2D eigenvalue weighted by molar-refractivity contribution is 9.10. The lowest BCUT2D eigenvalue weighted by Crippen LogP contribution is -2.23. The highest BCUT2D eigenvalue weighted by Gasteiger charge is 2.35. The number of Topliss-reactive ketones (excluding diaryl/α,β-unsaturated/α-hetero) is 2. The van der Waals surface area contributed by atoms with E-state index in [1.165, 1.54) is 31.4 Å².